The zero-order chi connectivity index (χ0) is 20.0. The van der Waals surface area contributed by atoms with Gasteiger partial charge < -0.3 is 15.0 Å². The number of rotatable bonds is 8. The highest BCUT2D eigenvalue weighted by Gasteiger charge is 2.33. The second kappa shape index (κ2) is 9.58. The summed E-state index contributed by atoms with van der Waals surface area (Å²) >= 11 is 0. The normalized spacial score (nSPS) is 19.9. The third-order valence-electron chi connectivity index (χ3n) is 5.95. The van der Waals surface area contributed by atoms with E-state index >= 15 is 0 Å². The minimum absolute atomic E-state index is 0.00242. The minimum atomic E-state index is -0.00242. The van der Waals surface area contributed by atoms with Crippen molar-refractivity contribution in [2.45, 2.75) is 51.2 Å². The highest BCUT2D eigenvalue weighted by molar-refractivity contribution is 5.45. The van der Waals surface area contributed by atoms with Gasteiger partial charge in [0.15, 0.2) is 0 Å². The number of nitrogens with zero attached hydrogens (tertiary/aromatic N) is 1. The molecule has 2 aromatic rings. The van der Waals surface area contributed by atoms with Crippen molar-refractivity contribution in [1.29, 1.82) is 0 Å². The van der Waals surface area contributed by atoms with Crippen LogP contribution in [0.4, 0.5) is 5.69 Å². The summed E-state index contributed by atoms with van der Waals surface area (Å²) in [5.74, 6) is 1.28. The molecule has 1 aliphatic rings. The van der Waals surface area contributed by atoms with Crippen molar-refractivity contribution in [2.75, 3.05) is 32.1 Å². The smallest absolute Gasteiger partial charge is 0.0629 e. The first kappa shape index (κ1) is 20.9. The molecule has 3 nitrogen and oxygen atoms in total. The summed E-state index contributed by atoms with van der Waals surface area (Å²) in [5.41, 5.74) is 4.06. The Morgan fingerprint density at radius 1 is 1.07 bits per heavy atom. The number of hydrogen-bond donors (Lipinski definition) is 1. The lowest BCUT2D eigenvalue weighted by molar-refractivity contribution is -0.0771. The van der Waals surface area contributed by atoms with Crippen LogP contribution in [0.5, 0.6) is 0 Å². The molecule has 0 aromatic heterocycles. The van der Waals surface area contributed by atoms with Crippen LogP contribution in [0.15, 0.2) is 54.6 Å². The number of hydrogen-bond acceptors (Lipinski definition) is 3. The van der Waals surface area contributed by atoms with Crippen LogP contribution in [0.3, 0.4) is 0 Å². The van der Waals surface area contributed by atoms with E-state index in [1.165, 1.54) is 23.2 Å². The lowest BCUT2D eigenvalue weighted by Gasteiger charge is -2.39. The molecular weight excluding hydrogens is 344 g/mol. The lowest BCUT2D eigenvalue weighted by Crippen LogP contribution is -2.36. The van der Waals surface area contributed by atoms with Gasteiger partial charge in [-0.3, -0.25) is 0 Å². The summed E-state index contributed by atoms with van der Waals surface area (Å²) in [6, 6.07) is 19.9. The maximum Gasteiger partial charge on any atom is 0.0629 e. The predicted molar refractivity (Wildman–Crippen MR) is 119 cm³/mol. The second-order valence-electron chi connectivity index (χ2n) is 8.90. The first-order valence-electron chi connectivity index (χ1n) is 10.6. The van der Waals surface area contributed by atoms with Gasteiger partial charge in [-0.05, 0) is 74.8 Å². The molecule has 0 unspecified atom stereocenters. The third kappa shape index (κ3) is 5.83. The van der Waals surface area contributed by atoms with Gasteiger partial charge in [0.2, 0.25) is 0 Å². The maximum atomic E-state index is 5.97. The number of ether oxygens (including phenoxy) is 1. The van der Waals surface area contributed by atoms with Crippen LogP contribution >= 0.6 is 0 Å². The van der Waals surface area contributed by atoms with Crippen LogP contribution in [0.2, 0.25) is 0 Å². The van der Waals surface area contributed by atoms with E-state index in [1.54, 1.807) is 0 Å². The average molecular weight is 381 g/mol. The SMILES string of the molecule is CN(C)c1ccc(CNCC[C@H](c2ccccc2)[C@H]2CCOC(C)(C)C2)cc1. The van der Waals surface area contributed by atoms with E-state index in [1.807, 2.05) is 0 Å². The van der Waals surface area contributed by atoms with E-state index < -0.39 is 0 Å². The molecule has 0 saturated carbocycles. The van der Waals surface area contributed by atoms with Crippen LogP contribution in [0.25, 0.3) is 0 Å². The zero-order valence-electron chi connectivity index (χ0n) is 17.9. The van der Waals surface area contributed by atoms with Crippen molar-refractivity contribution >= 4 is 5.69 Å². The fraction of sp³-hybridized carbons (Fsp3) is 0.520. The zero-order valence-corrected chi connectivity index (χ0v) is 17.9. The van der Waals surface area contributed by atoms with Crippen LogP contribution in [-0.2, 0) is 11.3 Å². The van der Waals surface area contributed by atoms with Crippen LogP contribution in [-0.4, -0.2) is 32.8 Å². The topological polar surface area (TPSA) is 24.5 Å². The van der Waals surface area contributed by atoms with Crippen LogP contribution in [0, 0.1) is 5.92 Å². The van der Waals surface area contributed by atoms with E-state index in [2.05, 4.69) is 92.8 Å². The van der Waals surface area contributed by atoms with E-state index in [0.717, 1.165) is 32.5 Å². The van der Waals surface area contributed by atoms with Crippen molar-refractivity contribution < 1.29 is 4.74 Å². The second-order valence-corrected chi connectivity index (χ2v) is 8.90. The molecule has 1 N–H and O–H groups in total. The van der Waals surface area contributed by atoms with Gasteiger partial charge in [-0.25, -0.2) is 0 Å². The monoisotopic (exact) mass is 380 g/mol. The minimum Gasteiger partial charge on any atom is -0.378 e. The van der Waals surface area contributed by atoms with Gasteiger partial charge in [-0.15, -0.1) is 0 Å². The van der Waals surface area contributed by atoms with Crippen LogP contribution in [0.1, 0.15) is 50.2 Å². The van der Waals surface area contributed by atoms with E-state index in [0.29, 0.717) is 11.8 Å². The van der Waals surface area contributed by atoms with Gasteiger partial charge >= 0.3 is 0 Å². The number of nitrogens with one attached hydrogen (secondary N) is 1. The average Bonchev–Trinajstić information content (AvgIpc) is 2.68. The molecule has 0 spiro atoms. The summed E-state index contributed by atoms with van der Waals surface area (Å²) in [6.45, 7) is 7.31. The van der Waals surface area contributed by atoms with E-state index in [9.17, 15) is 0 Å². The van der Waals surface area contributed by atoms with Crippen molar-refractivity contribution in [1.82, 2.24) is 5.32 Å². The molecule has 3 rings (SSSR count). The number of benzene rings is 2. The molecule has 1 heterocycles. The molecular formula is C25H36N2O. The summed E-state index contributed by atoms with van der Waals surface area (Å²) in [4.78, 5) is 2.14. The summed E-state index contributed by atoms with van der Waals surface area (Å²) in [5, 5.41) is 3.67. The van der Waals surface area contributed by atoms with Gasteiger partial charge in [0.1, 0.15) is 0 Å². The molecule has 0 bridgehead atoms. The Hall–Kier alpha value is -1.84. The van der Waals surface area contributed by atoms with Gasteiger partial charge in [0.25, 0.3) is 0 Å². The largest absolute Gasteiger partial charge is 0.378 e. The summed E-state index contributed by atoms with van der Waals surface area (Å²) in [6.07, 6.45) is 3.47. The fourth-order valence-electron chi connectivity index (χ4n) is 4.40. The maximum absolute atomic E-state index is 5.97. The molecule has 3 heteroatoms. The molecule has 1 saturated heterocycles. The number of anilines is 1. The quantitative estimate of drug-likeness (QED) is 0.635. The Kier molecular flexibility index (Phi) is 7.14. The van der Waals surface area contributed by atoms with Crippen molar-refractivity contribution in [3.05, 3.63) is 65.7 Å². The highest BCUT2D eigenvalue weighted by Crippen LogP contribution is 2.39. The third-order valence-corrected chi connectivity index (χ3v) is 5.95. The molecule has 2 atom stereocenters. The predicted octanol–water partition coefficient (Wildman–Crippen LogP) is 5.22. The Labute approximate surface area is 171 Å². The molecule has 0 aliphatic carbocycles. The van der Waals surface area contributed by atoms with E-state index in [4.69, 9.17) is 4.74 Å². The first-order valence-corrected chi connectivity index (χ1v) is 10.6. The van der Waals surface area contributed by atoms with Gasteiger partial charge in [-0.1, -0.05) is 42.5 Å². The lowest BCUT2D eigenvalue weighted by atomic mass is 9.75. The van der Waals surface area contributed by atoms with Gasteiger partial charge in [0.05, 0.1) is 5.60 Å². The van der Waals surface area contributed by atoms with Gasteiger partial charge in [-0.2, -0.15) is 0 Å². The summed E-state index contributed by atoms with van der Waals surface area (Å²) < 4.78 is 5.97. The molecule has 0 amide bonds. The molecule has 1 fully saturated rings. The molecule has 0 radical (unpaired) electrons. The van der Waals surface area contributed by atoms with Gasteiger partial charge in [0, 0.05) is 32.9 Å². The van der Waals surface area contributed by atoms with E-state index in [-0.39, 0.29) is 5.60 Å². The summed E-state index contributed by atoms with van der Waals surface area (Å²) in [7, 11) is 4.16. The Morgan fingerprint density at radius 2 is 1.79 bits per heavy atom. The Bertz CT molecular complexity index is 709. The van der Waals surface area contributed by atoms with Crippen molar-refractivity contribution in [3.63, 3.8) is 0 Å². The molecule has 28 heavy (non-hydrogen) atoms. The van der Waals surface area contributed by atoms with Crippen LogP contribution < -0.4 is 10.2 Å². The standard InChI is InChI=1S/C25H36N2O/c1-25(2)18-22(15-17-28-25)24(21-8-6-5-7-9-21)14-16-26-19-20-10-12-23(13-11-20)27(3)4/h5-13,22,24,26H,14-19H2,1-4H3/t22-,24+/m0/s1. The fourth-order valence-corrected chi connectivity index (χ4v) is 4.40. The molecule has 1 aliphatic heterocycles. The Balaban J connectivity index is 1.57. The highest BCUT2D eigenvalue weighted by atomic mass is 16.5. The Morgan fingerprint density at radius 3 is 2.43 bits per heavy atom. The van der Waals surface area contributed by atoms with Crippen molar-refractivity contribution in [2.24, 2.45) is 5.92 Å². The molecule has 152 valence electrons. The first-order chi connectivity index (χ1) is 13.4. The van der Waals surface area contributed by atoms with Crippen molar-refractivity contribution in [3.8, 4) is 0 Å². The molecule has 2 aromatic carbocycles.